The van der Waals surface area contributed by atoms with Gasteiger partial charge in [0, 0.05) is 44.5 Å². The normalized spacial score (nSPS) is 22.3. The standard InChI is InChI=1S/C19H30N4O/c1-16(21-18(24)19(20)9-5-6-10-19)15-22-11-13-23(14-12-22)17-7-3-2-4-8-17/h2-4,7-8,16H,5-6,9-15,20H2,1H3,(H,21,24). The fourth-order valence-electron chi connectivity index (χ4n) is 3.86. The smallest absolute Gasteiger partial charge is 0.240 e. The molecule has 1 aromatic carbocycles. The van der Waals surface area contributed by atoms with Crippen LogP contribution < -0.4 is 16.0 Å². The van der Waals surface area contributed by atoms with Gasteiger partial charge in [0.25, 0.3) is 0 Å². The fourth-order valence-corrected chi connectivity index (χ4v) is 3.86. The summed E-state index contributed by atoms with van der Waals surface area (Å²) in [6.07, 6.45) is 3.78. The van der Waals surface area contributed by atoms with Crippen molar-refractivity contribution in [2.24, 2.45) is 5.73 Å². The van der Waals surface area contributed by atoms with Crippen LogP contribution in [0.25, 0.3) is 0 Å². The number of anilines is 1. The summed E-state index contributed by atoms with van der Waals surface area (Å²) in [4.78, 5) is 17.2. The van der Waals surface area contributed by atoms with E-state index in [1.165, 1.54) is 5.69 Å². The molecule has 2 fully saturated rings. The minimum absolute atomic E-state index is 0.0374. The number of para-hydroxylation sites is 1. The molecule has 1 aromatic rings. The van der Waals surface area contributed by atoms with Crippen LogP contribution in [0.4, 0.5) is 5.69 Å². The molecule has 0 bridgehead atoms. The summed E-state index contributed by atoms with van der Waals surface area (Å²) in [5.74, 6) is 0.0374. The van der Waals surface area contributed by atoms with Crippen LogP contribution in [0.3, 0.4) is 0 Å². The van der Waals surface area contributed by atoms with Crippen molar-refractivity contribution in [3.63, 3.8) is 0 Å². The molecule has 0 radical (unpaired) electrons. The Morgan fingerprint density at radius 2 is 1.79 bits per heavy atom. The second-order valence-electron chi connectivity index (χ2n) is 7.36. The number of benzene rings is 1. The lowest BCUT2D eigenvalue weighted by molar-refractivity contribution is -0.126. The molecule has 1 amide bonds. The maximum absolute atomic E-state index is 12.4. The van der Waals surface area contributed by atoms with Gasteiger partial charge in [0.05, 0.1) is 5.54 Å². The van der Waals surface area contributed by atoms with Gasteiger partial charge >= 0.3 is 0 Å². The number of hydrogen-bond donors (Lipinski definition) is 2. The molecule has 5 nitrogen and oxygen atoms in total. The number of amides is 1. The second kappa shape index (κ2) is 7.53. The Morgan fingerprint density at radius 1 is 1.17 bits per heavy atom. The number of piperazine rings is 1. The summed E-state index contributed by atoms with van der Waals surface area (Å²) in [6, 6.07) is 10.7. The predicted octanol–water partition coefficient (Wildman–Crippen LogP) is 1.58. The summed E-state index contributed by atoms with van der Waals surface area (Å²) < 4.78 is 0. The molecule has 1 unspecified atom stereocenters. The van der Waals surface area contributed by atoms with Crippen LogP contribution in [-0.2, 0) is 4.79 Å². The minimum atomic E-state index is -0.625. The minimum Gasteiger partial charge on any atom is -0.369 e. The van der Waals surface area contributed by atoms with Crippen molar-refractivity contribution in [1.82, 2.24) is 10.2 Å². The zero-order valence-corrected chi connectivity index (χ0v) is 14.7. The predicted molar refractivity (Wildman–Crippen MR) is 98.1 cm³/mol. The third-order valence-electron chi connectivity index (χ3n) is 5.35. The average Bonchev–Trinajstić information content (AvgIpc) is 3.04. The van der Waals surface area contributed by atoms with E-state index in [9.17, 15) is 4.79 Å². The SMILES string of the molecule is CC(CN1CCN(c2ccccc2)CC1)NC(=O)C1(N)CCCC1. The molecule has 0 spiro atoms. The van der Waals surface area contributed by atoms with Gasteiger partial charge in [-0.3, -0.25) is 9.69 Å². The lowest BCUT2D eigenvalue weighted by Gasteiger charge is -2.37. The summed E-state index contributed by atoms with van der Waals surface area (Å²) in [5, 5.41) is 3.13. The summed E-state index contributed by atoms with van der Waals surface area (Å²) in [5.41, 5.74) is 6.91. The Bertz CT molecular complexity index is 534. The summed E-state index contributed by atoms with van der Waals surface area (Å²) in [6.45, 7) is 7.10. The van der Waals surface area contributed by atoms with Gasteiger partial charge in [0.2, 0.25) is 5.91 Å². The molecule has 5 heteroatoms. The Labute approximate surface area is 145 Å². The van der Waals surface area contributed by atoms with E-state index in [2.05, 4.69) is 52.4 Å². The third-order valence-corrected chi connectivity index (χ3v) is 5.35. The van der Waals surface area contributed by atoms with Crippen LogP contribution in [0.5, 0.6) is 0 Å². The lowest BCUT2D eigenvalue weighted by atomic mass is 9.97. The summed E-state index contributed by atoms with van der Waals surface area (Å²) >= 11 is 0. The van der Waals surface area contributed by atoms with Crippen molar-refractivity contribution in [3.05, 3.63) is 30.3 Å². The van der Waals surface area contributed by atoms with Crippen LogP contribution in [0.2, 0.25) is 0 Å². The molecular formula is C19H30N4O. The first kappa shape index (κ1) is 17.2. The van der Waals surface area contributed by atoms with Crippen LogP contribution >= 0.6 is 0 Å². The molecule has 2 aliphatic rings. The second-order valence-corrected chi connectivity index (χ2v) is 7.36. The number of hydrogen-bond acceptors (Lipinski definition) is 4. The van der Waals surface area contributed by atoms with Crippen molar-refractivity contribution in [2.75, 3.05) is 37.6 Å². The number of carbonyl (C=O) groups excluding carboxylic acids is 1. The molecule has 1 aliphatic carbocycles. The Morgan fingerprint density at radius 3 is 2.42 bits per heavy atom. The van der Waals surface area contributed by atoms with Gasteiger partial charge in [0.1, 0.15) is 0 Å². The number of nitrogens with zero attached hydrogens (tertiary/aromatic N) is 2. The highest BCUT2D eigenvalue weighted by Gasteiger charge is 2.37. The zero-order valence-electron chi connectivity index (χ0n) is 14.7. The van der Waals surface area contributed by atoms with E-state index >= 15 is 0 Å². The summed E-state index contributed by atoms with van der Waals surface area (Å²) in [7, 11) is 0. The highest BCUT2D eigenvalue weighted by Crippen LogP contribution is 2.27. The van der Waals surface area contributed by atoms with Gasteiger partial charge in [-0.2, -0.15) is 0 Å². The van der Waals surface area contributed by atoms with Crippen LogP contribution in [0.1, 0.15) is 32.6 Å². The first-order chi connectivity index (χ1) is 11.6. The molecule has 0 aromatic heterocycles. The number of rotatable bonds is 5. The average molecular weight is 330 g/mol. The zero-order chi connectivity index (χ0) is 17.0. The first-order valence-electron chi connectivity index (χ1n) is 9.19. The first-order valence-corrected chi connectivity index (χ1v) is 9.19. The highest BCUT2D eigenvalue weighted by atomic mass is 16.2. The number of nitrogens with one attached hydrogen (secondary N) is 1. The lowest BCUT2D eigenvalue weighted by Crippen LogP contribution is -2.56. The quantitative estimate of drug-likeness (QED) is 0.861. The largest absolute Gasteiger partial charge is 0.369 e. The van der Waals surface area contributed by atoms with Crippen LogP contribution in [0, 0.1) is 0 Å². The van der Waals surface area contributed by atoms with Gasteiger partial charge in [0.15, 0.2) is 0 Å². The number of nitrogens with two attached hydrogens (primary N) is 1. The van der Waals surface area contributed by atoms with Gasteiger partial charge in [-0.15, -0.1) is 0 Å². The molecule has 1 atom stereocenters. The van der Waals surface area contributed by atoms with Gasteiger partial charge in [-0.1, -0.05) is 31.0 Å². The molecule has 1 aliphatic heterocycles. The third kappa shape index (κ3) is 4.08. The Hall–Kier alpha value is -1.59. The highest BCUT2D eigenvalue weighted by molar-refractivity contribution is 5.86. The van der Waals surface area contributed by atoms with Crippen molar-refractivity contribution in [1.29, 1.82) is 0 Å². The monoisotopic (exact) mass is 330 g/mol. The number of carbonyl (C=O) groups is 1. The molecule has 3 rings (SSSR count). The fraction of sp³-hybridized carbons (Fsp3) is 0.632. The topological polar surface area (TPSA) is 61.6 Å². The van der Waals surface area contributed by atoms with Gasteiger partial charge in [-0.05, 0) is 31.9 Å². The van der Waals surface area contributed by atoms with E-state index in [4.69, 9.17) is 5.73 Å². The van der Waals surface area contributed by atoms with Crippen molar-refractivity contribution in [3.8, 4) is 0 Å². The van der Waals surface area contributed by atoms with Gasteiger partial charge < -0.3 is 16.0 Å². The molecule has 1 heterocycles. The molecule has 24 heavy (non-hydrogen) atoms. The molecular weight excluding hydrogens is 300 g/mol. The van der Waals surface area contributed by atoms with E-state index in [1.807, 2.05) is 0 Å². The maximum Gasteiger partial charge on any atom is 0.240 e. The van der Waals surface area contributed by atoms with E-state index in [0.717, 1.165) is 58.4 Å². The van der Waals surface area contributed by atoms with Crippen LogP contribution in [-0.4, -0.2) is 55.1 Å². The van der Waals surface area contributed by atoms with Crippen molar-refractivity contribution < 1.29 is 4.79 Å². The maximum atomic E-state index is 12.4. The van der Waals surface area contributed by atoms with Crippen molar-refractivity contribution in [2.45, 2.75) is 44.2 Å². The Balaban J connectivity index is 1.43. The molecule has 132 valence electrons. The van der Waals surface area contributed by atoms with E-state index in [-0.39, 0.29) is 11.9 Å². The van der Waals surface area contributed by atoms with Gasteiger partial charge in [-0.25, -0.2) is 0 Å². The van der Waals surface area contributed by atoms with E-state index < -0.39 is 5.54 Å². The van der Waals surface area contributed by atoms with Crippen molar-refractivity contribution >= 4 is 11.6 Å². The van der Waals surface area contributed by atoms with E-state index in [0.29, 0.717) is 0 Å². The molecule has 1 saturated carbocycles. The molecule has 1 saturated heterocycles. The van der Waals surface area contributed by atoms with E-state index in [1.54, 1.807) is 0 Å². The van der Waals surface area contributed by atoms with Crippen LogP contribution in [0.15, 0.2) is 30.3 Å². The molecule has 3 N–H and O–H groups in total. The Kier molecular flexibility index (Phi) is 5.41.